The van der Waals surface area contributed by atoms with Gasteiger partial charge in [-0.05, 0) is 25.1 Å². The van der Waals surface area contributed by atoms with Crippen LogP contribution in [0, 0.1) is 0 Å². The third kappa shape index (κ3) is 3.71. The van der Waals surface area contributed by atoms with Crippen LogP contribution in [0.3, 0.4) is 0 Å². The summed E-state index contributed by atoms with van der Waals surface area (Å²) in [5.74, 6) is 0.781. The van der Waals surface area contributed by atoms with Gasteiger partial charge < -0.3 is 5.32 Å². The molecule has 0 saturated carbocycles. The lowest BCUT2D eigenvalue weighted by molar-refractivity contribution is 0.964. The van der Waals surface area contributed by atoms with Crippen LogP contribution < -0.4 is 5.32 Å². The topological polar surface area (TPSA) is 50.7 Å². The highest BCUT2D eigenvalue weighted by molar-refractivity contribution is 7.98. The summed E-state index contributed by atoms with van der Waals surface area (Å²) in [5, 5.41) is 4.05. The Morgan fingerprint density at radius 3 is 2.76 bits per heavy atom. The number of aromatic nitrogens is 3. The van der Waals surface area contributed by atoms with E-state index in [4.69, 9.17) is 0 Å². The lowest BCUT2D eigenvalue weighted by Gasteiger charge is -2.04. The van der Waals surface area contributed by atoms with E-state index in [-0.39, 0.29) is 0 Å². The van der Waals surface area contributed by atoms with Crippen molar-refractivity contribution in [2.75, 3.05) is 11.9 Å². The lowest BCUT2D eigenvalue weighted by atomic mass is 10.3. The first-order valence-corrected chi connectivity index (χ1v) is 6.45. The highest BCUT2D eigenvalue weighted by Gasteiger charge is 2.00. The van der Waals surface area contributed by atoms with Crippen molar-refractivity contribution in [3.63, 3.8) is 0 Å². The van der Waals surface area contributed by atoms with Crippen LogP contribution in [-0.2, 0) is 5.75 Å². The zero-order valence-electron chi connectivity index (χ0n) is 9.63. The predicted molar refractivity (Wildman–Crippen MR) is 70.0 cm³/mol. The van der Waals surface area contributed by atoms with Crippen molar-refractivity contribution in [2.24, 2.45) is 0 Å². The summed E-state index contributed by atoms with van der Waals surface area (Å²) in [6.07, 6.45) is 5.31. The maximum absolute atomic E-state index is 4.32. The molecule has 0 fully saturated rings. The smallest absolute Gasteiger partial charge is 0.187 e. The third-order valence-electron chi connectivity index (χ3n) is 2.09. The molecule has 0 aromatic carbocycles. The molecule has 0 aliphatic heterocycles. The summed E-state index contributed by atoms with van der Waals surface area (Å²) in [6, 6.07) is 5.84. The standard InChI is InChI=1S/C12H14N4S/c1-2-13-10-4-7-14-11(8-10)9-17-12-15-5-3-6-16-12/h3-8H,2,9H2,1H3,(H,13,14). The predicted octanol–water partition coefficient (Wildman–Crippen LogP) is 2.60. The number of hydrogen-bond acceptors (Lipinski definition) is 5. The Kier molecular flexibility index (Phi) is 4.32. The SMILES string of the molecule is CCNc1ccnc(CSc2ncccn2)c1. The molecule has 0 aliphatic carbocycles. The Bertz CT molecular complexity index is 461. The monoisotopic (exact) mass is 246 g/mol. The van der Waals surface area contributed by atoms with Gasteiger partial charge in [-0.3, -0.25) is 4.98 Å². The number of hydrogen-bond donors (Lipinski definition) is 1. The Hall–Kier alpha value is -1.62. The van der Waals surface area contributed by atoms with Crippen molar-refractivity contribution in [3.8, 4) is 0 Å². The molecule has 1 N–H and O–H groups in total. The molecule has 2 aromatic rings. The highest BCUT2D eigenvalue weighted by atomic mass is 32.2. The molecular formula is C12H14N4S. The normalized spacial score (nSPS) is 10.2. The minimum absolute atomic E-state index is 0.781. The van der Waals surface area contributed by atoms with E-state index in [0.29, 0.717) is 0 Å². The van der Waals surface area contributed by atoms with E-state index in [1.54, 1.807) is 24.2 Å². The average molecular weight is 246 g/mol. The quantitative estimate of drug-likeness (QED) is 0.649. The van der Waals surface area contributed by atoms with Crippen LogP contribution in [0.15, 0.2) is 41.9 Å². The largest absolute Gasteiger partial charge is 0.385 e. The zero-order valence-corrected chi connectivity index (χ0v) is 10.4. The van der Waals surface area contributed by atoms with Gasteiger partial charge in [-0.25, -0.2) is 9.97 Å². The van der Waals surface area contributed by atoms with Crippen LogP contribution in [0.5, 0.6) is 0 Å². The van der Waals surface area contributed by atoms with Gasteiger partial charge in [0, 0.05) is 36.6 Å². The second-order valence-electron chi connectivity index (χ2n) is 3.39. The van der Waals surface area contributed by atoms with Gasteiger partial charge in [0.15, 0.2) is 5.16 Å². The zero-order chi connectivity index (χ0) is 11.9. The molecule has 5 heteroatoms. The molecule has 0 unspecified atom stereocenters. The van der Waals surface area contributed by atoms with Crippen LogP contribution in [0.25, 0.3) is 0 Å². The van der Waals surface area contributed by atoms with Crippen LogP contribution in [0.4, 0.5) is 5.69 Å². The number of anilines is 1. The molecule has 0 saturated heterocycles. The first kappa shape index (κ1) is 11.9. The van der Waals surface area contributed by atoms with Gasteiger partial charge in [0.2, 0.25) is 0 Å². The molecule has 2 heterocycles. The molecule has 0 amide bonds. The van der Waals surface area contributed by atoms with Gasteiger partial charge in [0.25, 0.3) is 0 Å². The fourth-order valence-corrected chi connectivity index (χ4v) is 2.08. The van der Waals surface area contributed by atoms with Crippen molar-refractivity contribution >= 4 is 17.4 Å². The summed E-state index contributed by atoms with van der Waals surface area (Å²) in [7, 11) is 0. The second-order valence-corrected chi connectivity index (χ2v) is 4.33. The number of thioether (sulfide) groups is 1. The van der Waals surface area contributed by atoms with Gasteiger partial charge in [-0.15, -0.1) is 0 Å². The molecule has 0 radical (unpaired) electrons. The number of pyridine rings is 1. The summed E-state index contributed by atoms with van der Waals surface area (Å²) in [6.45, 7) is 2.99. The summed E-state index contributed by atoms with van der Waals surface area (Å²) in [4.78, 5) is 12.6. The van der Waals surface area contributed by atoms with Crippen molar-refractivity contribution in [1.29, 1.82) is 0 Å². The van der Waals surface area contributed by atoms with Gasteiger partial charge >= 0.3 is 0 Å². The van der Waals surface area contributed by atoms with Crippen LogP contribution in [0.2, 0.25) is 0 Å². The second kappa shape index (κ2) is 6.20. The highest BCUT2D eigenvalue weighted by Crippen LogP contribution is 2.18. The van der Waals surface area contributed by atoms with Gasteiger partial charge in [-0.1, -0.05) is 11.8 Å². The molecular weight excluding hydrogens is 232 g/mol. The van der Waals surface area contributed by atoms with Crippen molar-refractivity contribution in [1.82, 2.24) is 15.0 Å². The molecule has 2 aromatic heterocycles. The molecule has 0 spiro atoms. The fraction of sp³-hybridized carbons (Fsp3) is 0.250. The van der Waals surface area contributed by atoms with Crippen LogP contribution >= 0.6 is 11.8 Å². The first-order valence-electron chi connectivity index (χ1n) is 5.47. The Labute approximate surface area is 105 Å². The maximum atomic E-state index is 4.32. The molecule has 17 heavy (non-hydrogen) atoms. The lowest BCUT2D eigenvalue weighted by Crippen LogP contribution is -1.98. The van der Waals surface area contributed by atoms with E-state index >= 15 is 0 Å². The Balaban J connectivity index is 1.97. The van der Waals surface area contributed by atoms with E-state index < -0.39 is 0 Å². The summed E-state index contributed by atoms with van der Waals surface area (Å²) in [5.41, 5.74) is 2.13. The van der Waals surface area contributed by atoms with E-state index in [0.717, 1.165) is 28.8 Å². The van der Waals surface area contributed by atoms with E-state index in [1.807, 2.05) is 18.3 Å². The van der Waals surface area contributed by atoms with Gasteiger partial charge in [-0.2, -0.15) is 0 Å². The Morgan fingerprint density at radius 1 is 1.18 bits per heavy atom. The average Bonchev–Trinajstić information content (AvgIpc) is 2.39. The summed E-state index contributed by atoms with van der Waals surface area (Å²) >= 11 is 1.59. The summed E-state index contributed by atoms with van der Waals surface area (Å²) < 4.78 is 0. The molecule has 0 bridgehead atoms. The molecule has 0 aliphatic rings. The number of rotatable bonds is 5. The maximum Gasteiger partial charge on any atom is 0.187 e. The van der Waals surface area contributed by atoms with Crippen molar-refractivity contribution in [2.45, 2.75) is 17.8 Å². The molecule has 88 valence electrons. The minimum atomic E-state index is 0.781. The van der Waals surface area contributed by atoms with Crippen LogP contribution in [-0.4, -0.2) is 21.5 Å². The third-order valence-corrected chi connectivity index (χ3v) is 3.00. The van der Waals surface area contributed by atoms with Crippen LogP contribution in [0.1, 0.15) is 12.6 Å². The number of nitrogens with one attached hydrogen (secondary N) is 1. The van der Waals surface area contributed by atoms with E-state index in [2.05, 4.69) is 33.3 Å². The first-order chi connectivity index (χ1) is 8.38. The number of nitrogens with zero attached hydrogens (tertiary/aromatic N) is 3. The molecule has 4 nitrogen and oxygen atoms in total. The van der Waals surface area contributed by atoms with Crippen molar-refractivity contribution < 1.29 is 0 Å². The van der Waals surface area contributed by atoms with Crippen molar-refractivity contribution in [3.05, 3.63) is 42.5 Å². The Morgan fingerprint density at radius 2 is 2.00 bits per heavy atom. The molecule has 0 atom stereocenters. The van der Waals surface area contributed by atoms with Gasteiger partial charge in [0.05, 0.1) is 5.69 Å². The molecule has 2 rings (SSSR count). The fourth-order valence-electron chi connectivity index (χ4n) is 1.37. The van der Waals surface area contributed by atoms with E-state index in [1.165, 1.54) is 0 Å². The minimum Gasteiger partial charge on any atom is -0.385 e. The van der Waals surface area contributed by atoms with Gasteiger partial charge in [0.1, 0.15) is 0 Å². The van der Waals surface area contributed by atoms with E-state index in [9.17, 15) is 0 Å².